The van der Waals surface area contributed by atoms with Gasteiger partial charge in [-0.1, -0.05) is 19.3 Å². The standard InChI is InChI=1S/C17H34N2O2S/c1-17(2,3)21-16(20)19-15-11-7-5-6-10-14(15)18-12-8-9-13-22-4/h14-15,18H,5-13H2,1-4H3,(H,19,20). The molecule has 1 rings (SSSR count). The third-order valence-corrected chi connectivity index (χ3v) is 4.60. The van der Waals surface area contributed by atoms with E-state index < -0.39 is 5.60 Å². The third kappa shape index (κ3) is 8.89. The van der Waals surface area contributed by atoms with Gasteiger partial charge in [0.05, 0.1) is 0 Å². The van der Waals surface area contributed by atoms with Gasteiger partial charge in [-0.05, 0) is 65.0 Å². The van der Waals surface area contributed by atoms with Gasteiger partial charge in [-0.15, -0.1) is 0 Å². The summed E-state index contributed by atoms with van der Waals surface area (Å²) < 4.78 is 5.41. The number of ether oxygens (including phenoxy) is 1. The van der Waals surface area contributed by atoms with Gasteiger partial charge >= 0.3 is 6.09 Å². The minimum atomic E-state index is -0.435. The van der Waals surface area contributed by atoms with Crippen LogP contribution in [-0.2, 0) is 4.74 Å². The van der Waals surface area contributed by atoms with E-state index >= 15 is 0 Å². The van der Waals surface area contributed by atoms with Crippen LogP contribution in [0.3, 0.4) is 0 Å². The molecule has 0 aromatic rings. The number of carbonyl (C=O) groups is 1. The summed E-state index contributed by atoms with van der Waals surface area (Å²) in [5.41, 5.74) is -0.435. The highest BCUT2D eigenvalue weighted by molar-refractivity contribution is 7.98. The second-order valence-corrected chi connectivity index (χ2v) is 8.14. The fourth-order valence-corrected chi connectivity index (χ4v) is 3.34. The lowest BCUT2D eigenvalue weighted by atomic mass is 10.0. The molecular weight excluding hydrogens is 296 g/mol. The normalized spacial score (nSPS) is 22.9. The molecule has 1 aliphatic rings. The molecule has 0 bridgehead atoms. The number of amides is 1. The third-order valence-electron chi connectivity index (χ3n) is 3.90. The fourth-order valence-electron chi connectivity index (χ4n) is 2.84. The minimum absolute atomic E-state index is 0.193. The minimum Gasteiger partial charge on any atom is -0.444 e. The summed E-state index contributed by atoms with van der Waals surface area (Å²) >= 11 is 1.90. The Kier molecular flexibility index (Phi) is 9.25. The van der Waals surface area contributed by atoms with Crippen LogP contribution in [0, 0.1) is 0 Å². The van der Waals surface area contributed by atoms with E-state index in [4.69, 9.17) is 4.74 Å². The Hall–Kier alpha value is -0.420. The van der Waals surface area contributed by atoms with Crippen LogP contribution in [-0.4, -0.2) is 42.3 Å². The summed E-state index contributed by atoms with van der Waals surface area (Å²) in [6, 6.07) is 0.571. The number of nitrogens with one attached hydrogen (secondary N) is 2. The molecule has 2 N–H and O–H groups in total. The van der Waals surface area contributed by atoms with Gasteiger partial charge in [0.2, 0.25) is 0 Å². The topological polar surface area (TPSA) is 50.4 Å². The maximum atomic E-state index is 12.0. The summed E-state index contributed by atoms with van der Waals surface area (Å²) in [6.45, 7) is 6.75. The maximum Gasteiger partial charge on any atom is 0.407 e. The Morgan fingerprint density at radius 3 is 2.45 bits per heavy atom. The highest BCUT2D eigenvalue weighted by atomic mass is 32.2. The molecule has 4 nitrogen and oxygen atoms in total. The number of unbranched alkanes of at least 4 members (excludes halogenated alkanes) is 1. The maximum absolute atomic E-state index is 12.0. The van der Waals surface area contributed by atoms with E-state index in [0.29, 0.717) is 6.04 Å². The second kappa shape index (κ2) is 10.4. The highest BCUT2D eigenvalue weighted by Crippen LogP contribution is 2.19. The van der Waals surface area contributed by atoms with Crippen LogP contribution in [0.25, 0.3) is 0 Å². The van der Waals surface area contributed by atoms with Crippen LogP contribution >= 0.6 is 11.8 Å². The number of alkyl carbamates (subject to hydrolysis) is 1. The average molecular weight is 331 g/mol. The monoisotopic (exact) mass is 330 g/mol. The number of hydrogen-bond donors (Lipinski definition) is 2. The van der Waals surface area contributed by atoms with Crippen LogP contribution in [0.15, 0.2) is 0 Å². The largest absolute Gasteiger partial charge is 0.444 e. The van der Waals surface area contributed by atoms with E-state index in [1.807, 2.05) is 32.5 Å². The van der Waals surface area contributed by atoms with Gasteiger partial charge < -0.3 is 15.4 Å². The molecule has 2 atom stereocenters. The summed E-state index contributed by atoms with van der Waals surface area (Å²) in [5.74, 6) is 1.23. The zero-order valence-electron chi connectivity index (χ0n) is 14.7. The van der Waals surface area contributed by atoms with Crippen molar-refractivity contribution in [3.05, 3.63) is 0 Å². The predicted molar refractivity (Wildman–Crippen MR) is 95.6 cm³/mol. The summed E-state index contributed by atoms with van der Waals surface area (Å²) in [5, 5.41) is 6.75. The van der Waals surface area contributed by atoms with Crippen LogP contribution in [0.5, 0.6) is 0 Å². The Balaban J connectivity index is 2.42. The number of thioether (sulfide) groups is 1. The van der Waals surface area contributed by atoms with Crippen molar-refractivity contribution >= 4 is 17.9 Å². The van der Waals surface area contributed by atoms with E-state index in [0.717, 1.165) is 19.4 Å². The number of carbonyl (C=O) groups excluding carboxylic acids is 1. The molecule has 2 unspecified atom stereocenters. The molecule has 0 aliphatic heterocycles. The molecule has 0 spiro atoms. The Morgan fingerprint density at radius 2 is 1.82 bits per heavy atom. The highest BCUT2D eigenvalue weighted by Gasteiger charge is 2.26. The molecule has 130 valence electrons. The van der Waals surface area contributed by atoms with Crippen molar-refractivity contribution in [2.45, 2.75) is 83.4 Å². The first-order valence-corrected chi connectivity index (χ1v) is 10.0. The number of rotatable bonds is 7. The van der Waals surface area contributed by atoms with Gasteiger partial charge in [0.15, 0.2) is 0 Å². The number of hydrogen-bond acceptors (Lipinski definition) is 4. The van der Waals surface area contributed by atoms with Gasteiger partial charge in [0.25, 0.3) is 0 Å². The van der Waals surface area contributed by atoms with Crippen LogP contribution < -0.4 is 10.6 Å². The van der Waals surface area contributed by atoms with Crippen molar-refractivity contribution in [2.75, 3.05) is 18.6 Å². The van der Waals surface area contributed by atoms with E-state index in [-0.39, 0.29) is 12.1 Å². The lowest BCUT2D eigenvalue weighted by Gasteiger charge is -2.29. The zero-order valence-corrected chi connectivity index (χ0v) is 15.6. The molecule has 5 heteroatoms. The van der Waals surface area contributed by atoms with E-state index in [1.165, 1.54) is 37.9 Å². The van der Waals surface area contributed by atoms with Gasteiger partial charge in [-0.2, -0.15) is 11.8 Å². The van der Waals surface area contributed by atoms with Crippen molar-refractivity contribution < 1.29 is 9.53 Å². The second-order valence-electron chi connectivity index (χ2n) is 7.15. The zero-order chi connectivity index (χ0) is 16.4. The lowest BCUT2D eigenvalue weighted by molar-refractivity contribution is 0.0489. The van der Waals surface area contributed by atoms with E-state index in [9.17, 15) is 4.79 Å². The van der Waals surface area contributed by atoms with Gasteiger partial charge in [0.1, 0.15) is 5.60 Å². The Bertz CT molecular complexity index is 318. The Morgan fingerprint density at radius 1 is 1.14 bits per heavy atom. The van der Waals surface area contributed by atoms with Crippen LogP contribution in [0.1, 0.15) is 65.7 Å². The summed E-state index contributed by atoms with van der Waals surface area (Å²) in [4.78, 5) is 12.0. The van der Waals surface area contributed by atoms with Gasteiger partial charge in [-0.3, -0.25) is 0 Å². The Labute approximate surface area is 140 Å². The quantitative estimate of drug-likeness (QED) is 0.548. The summed E-state index contributed by atoms with van der Waals surface area (Å²) in [6.07, 6.45) is 10.2. The van der Waals surface area contributed by atoms with Crippen LogP contribution in [0.4, 0.5) is 4.79 Å². The molecular formula is C17H34N2O2S. The lowest BCUT2D eigenvalue weighted by Crippen LogP contribution is -2.50. The first kappa shape index (κ1) is 19.6. The van der Waals surface area contributed by atoms with Crippen molar-refractivity contribution in [1.29, 1.82) is 0 Å². The van der Waals surface area contributed by atoms with Crippen molar-refractivity contribution in [1.82, 2.24) is 10.6 Å². The van der Waals surface area contributed by atoms with Gasteiger partial charge in [0, 0.05) is 12.1 Å². The molecule has 1 fully saturated rings. The molecule has 0 heterocycles. The first-order valence-electron chi connectivity index (χ1n) is 8.64. The predicted octanol–water partition coefficient (Wildman–Crippen LogP) is 3.95. The average Bonchev–Trinajstić information content (AvgIpc) is 2.62. The fraction of sp³-hybridized carbons (Fsp3) is 0.941. The molecule has 0 aromatic heterocycles. The van der Waals surface area contributed by atoms with Crippen molar-refractivity contribution in [3.63, 3.8) is 0 Å². The molecule has 1 amide bonds. The molecule has 1 aliphatic carbocycles. The molecule has 1 saturated carbocycles. The van der Waals surface area contributed by atoms with Crippen molar-refractivity contribution in [3.8, 4) is 0 Å². The first-order chi connectivity index (χ1) is 10.4. The molecule has 0 saturated heterocycles. The van der Waals surface area contributed by atoms with Gasteiger partial charge in [-0.25, -0.2) is 4.79 Å². The molecule has 0 aromatic carbocycles. The SMILES string of the molecule is CSCCCCNC1CCCCCC1NC(=O)OC(C)(C)C. The smallest absolute Gasteiger partial charge is 0.407 e. The summed E-state index contributed by atoms with van der Waals surface area (Å²) in [7, 11) is 0. The van der Waals surface area contributed by atoms with E-state index in [1.54, 1.807) is 0 Å². The molecule has 0 radical (unpaired) electrons. The molecule has 22 heavy (non-hydrogen) atoms. The van der Waals surface area contributed by atoms with E-state index in [2.05, 4.69) is 16.9 Å². The van der Waals surface area contributed by atoms with Crippen molar-refractivity contribution in [2.24, 2.45) is 0 Å². The van der Waals surface area contributed by atoms with Crippen LogP contribution in [0.2, 0.25) is 0 Å².